The highest BCUT2D eigenvalue weighted by atomic mass is 35.5. The number of carbonyl (C=O) groups excluding carboxylic acids is 1. The number of rotatable bonds is 3. The van der Waals surface area contributed by atoms with Crippen molar-refractivity contribution in [2.24, 2.45) is 0 Å². The second-order valence-corrected chi connectivity index (χ2v) is 3.09. The molecule has 0 N–H and O–H groups in total. The smallest absolute Gasteiger partial charge is 0.267 e. The molecule has 0 atom stereocenters. The third-order valence-corrected chi connectivity index (χ3v) is 2.18. The minimum atomic E-state index is -2.75. The van der Waals surface area contributed by atoms with Crippen LogP contribution in [0.2, 0.25) is 5.15 Å². The van der Waals surface area contributed by atoms with Crippen molar-refractivity contribution < 1.29 is 13.6 Å². The molecule has 0 aliphatic carbocycles. The molecule has 0 saturated carbocycles. The monoisotopic (exact) mass is 239 g/mol. The topological polar surface area (TPSA) is 30.0 Å². The standard InChI is InChI=1S/C8H5Cl2F2NO/c9-2-4-1-5(3-14)13-7(10)6(4)8(11)12/h1,3,8H,2H2. The molecule has 0 radical (unpaired) electrons. The molecule has 1 aromatic heterocycles. The fraction of sp³-hybridized carbons (Fsp3) is 0.250. The Labute approximate surface area is 88.8 Å². The van der Waals surface area contributed by atoms with Gasteiger partial charge in [-0.25, -0.2) is 13.8 Å². The van der Waals surface area contributed by atoms with E-state index < -0.39 is 12.0 Å². The van der Waals surface area contributed by atoms with Gasteiger partial charge < -0.3 is 0 Å². The van der Waals surface area contributed by atoms with E-state index in [0.29, 0.717) is 6.29 Å². The molecule has 0 bridgehead atoms. The average Bonchev–Trinajstić information content (AvgIpc) is 2.15. The zero-order valence-electron chi connectivity index (χ0n) is 6.81. The number of pyridine rings is 1. The minimum absolute atomic E-state index is 0.00458. The molecule has 0 amide bonds. The molecule has 76 valence electrons. The van der Waals surface area contributed by atoms with Crippen molar-refractivity contribution in [3.63, 3.8) is 0 Å². The van der Waals surface area contributed by atoms with E-state index in [2.05, 4.69) is 4.98 Å². The lowest BCUT2D eigenvalue weighted by atomic mass is 10.1. The van der Waals surface area contributed by atoms with Crippen LogP contribution in [0.15, 0.2) is 6.07 Å². The highest BCUT2D eigenvalue weighted by Gasteiger charge is 2.18. The van der Waals surface area contributed by atoms with Gasteiger partial charge in [0.25, 0.3) is 6.43 Å². The Morgan fingerprint density at radius 1 is 1.57 bits per heavy atom. The Hall–Kier alpha value is -0.740. The first-order valence-electron chi connectivity index (χ1n) is 3.58. The van der Waals surface area contributed by atoms with Crippen LogP contribution in [0.5, 0.6) is 0 Å². The van der Waals surface area contributed by atoms with Gasteiger partial charge in [0.05, 0.1) is 5.56 Å². The van der Waals surface area contributed by atoms with E-state index in [1.165, 1.54) is 6.07 Å². The molecule has 0 aromatic carbocycles. The van der Waals surface area contributed by atoms with E-state index in [1.54, 1.807) is 0 Å². The molecule has 14 heavy (non-hydrogen) atoms. The number of aromatic nitrogens is 1. The summed E-state index contributed by atoms with van der Waals surface area (Å²) in [6, 6.07) is 1.20. The fourth-order valence-corrected chi connectivity index (χ4v) is 1.52. The van der Waals surface area contributed by atoms with Crippen LogP contribution in [0.25, 0.3) is 0 Å². The Balaban J connectivity index is 3.34. The molecule has 0 fully saturated rings. The average molecular weight is 240 g/mol. The number of carbonyl (C=O) groups is 1. The third kappa shape index (κ3) is 2.19. The molecule has 1 heterocycles. The lowest BCUT2D eigenvalue weighted by molar-refractivity contribution is 0.111. The largest absolute Gasteiger partial charge is 0.296 e. The van der Waals surface area contributed by atoms with E-state index in [4.69, 9.17) is 23.2 Å². The number of hydrogen-bond acceptors (Lipinski definition) is 2. The molecule has 0 unspecified atom stereocenters. The summed E-state index contributed by atoms with van der Waals surface area (Å²) in [4.78, 5) is 13.8. The van der Waals surface area contributed by atoms with Crippen LogP contribution in [-0.4, -0.2) is 11.3 Å². The maximum absolute atomic E-state index is 12.4. The minimum Gasteiger partial charge on any atom is -0.296 e. The molecule has 1 aromatic rings. The van der Waals surface area contributed by atoms with Gasteiger partial charge in [-0.2, -0.15) is 0 Å². The Kier molecular flexibility index (Phi) is 3.77. The normalized spacial score (nSPS) is 10.6. The fourth-order valence-electron chi connectivity index (χ4n) is 0.996. The summed E-state index contributed by atoms with van der Waals surface area (Å²) in [6.45, 7) is 0. The van der Waals surface area contributed by atoms with Crippen LogP contribution in [0, 0.1) is 0 Å². The van der Waals surface area contributed by atoms with Crippen molar-refractivity contribution in [1.82, 2.24) is 4.98 Å². The van der Waals surface area contributed by atoms with E-state index in [0.717, 1.165) is 0 Å². The molecule has 0 saturated heterocycles. The van der Waals surface area contributed by atoms with Gasteiger partial charge in [0, 0.05) is 5.88 Å². The van der Waals surface area contributed by atoms with Gasteiger partial charge in [0.15, 0.2) is 6.29 Å². The van der Waals surface area contributed by atoms with E-state index >= 15 is 0 Å². The van der Waals surface area contributed by atoms with Gasteiger partial charge in [0.1, 0.15) is 10.8 Å². The molecular weight excluding hydrogens is 235 g/mol. The van der Waals surface area contributed by atoms with Crippen LogP contribution in [0.3, 0.4) is 0 Å². The number of hydrogen-bond donors (Lipinski definition) is 0. The third-order valence-electron chi connectivity index (χ3n) is 1.60. The van der Waals surface area contributed by atoms with Crippen molar-refractivity contribution in [1.29, 1.82) is 0 Å². The van der Waals surface area contributed by atoms with Crippen molar-refractivity contribution in [3.05, 3.63) is 28.0 Å². The second kappa shape index (κ2) is 4.66. The number of aldehydes is 1. The van der Waals surface area contributed by atoms with Crippen LogP contribution >= 0.6 is 23.2 Å². The molecule has 6 heteroatoms. The van der Waals surface area contributed by atoms with Crippen molar-refractivity contribution >= 4 is 29.5 Å². The van der Waals surface area contributed by atoms with Gasteiger partial charge >= 0.3 is 0 Å². The zero-order valence-corrected chi connectivity index (χ0v) is 8.32. The van der Waals surface area contributed by atoms with E-state index in [-0.39, 0.29) is 22.3 Å². The number of halogens is 4. The molecule has 0 spiro atoms. The van der Waals surface area contributed by atoms with Crippen LogP contribution < -0.4 is 0 Å². The van der Waals surface area contributed by atoms with Crippen molar-refractivity contribution in [2.75, 3.05) is 0 Å². The van der Waals surface area contributed by atoms with Crippen LogP contribution in [0.4, 0.5) is 8.78 Å². The Bertz CT molecular complexity index is 357. The first-order chi connectivity index (χ1) is 6.60. The number of nitrogens with zero attached hydrogens (tertiary/aromatic N) is 1. The van der Waals surface area contributed by atoms with Crippen molar-refractivity contribution in [3.8, 4) is 0 Å². The predicted octanol–water partition coefficient (Wildman–Crippen LogP) is 3.22. The summed E-state index contributed by atoms with van der Waals surface area (Å²) in [5.74, 6) is -0.136. The first-order valence-corrected chi connectivity index (χ1v) is 4.50. The Morgan fingerprint density at radius 2 is 2.21 bits per heavy atom. The summed E-state index contributed by atoms with van der Waals surface area (Å²) in [5, 5.41) is -0.375. The summed E-state index contributed by atoms with van der Waals surface area (Å²) in [6.07, 6.45) is -2.32. The maximum Gasteiger partial charge on any atom is 0.267 e. The maximum atomic E-state index is 12.4. The lowest BCUT2D eigenvalue weighted by Gasteiger charge is -2.08. The molecule has 1 rings (SSSR count). The highest BCUT2D eigenvalue weighted by Crippen LogP contribution is 2.30. The number of alkyl halides is 3. The van der Waals surface area contributed by atoms with Crippen LogP contribution in [-0.2, 0) is 5.88 Å². The van der Waals surface area contributed by atoms with Gasteiger partial charge in [-0.1, -0.05) is 11.6 Å². The van der Waals surface area contributed by atoms with E-state index in [9.17, 15) is 13.6 Å². The summed E-state index contributed by atoms with van der Waals surface area (Å²) in [5.41, 5.74) is -0.286. The molecular formula is C8H5Cl2F2NO. The Morgan fingerprint density at radius 3 is 2.64 bits per heavy atom. The summed E-state index contributed by atoms with van der Waals surface area (Å²) >= 11 is 10.9. The van der Waals surface area contributed by atoms with Gasteiger partial charge in [0.2, 0.25) is 0 Å². The zero-order chi connectivity index (χ0) is 10.7. The van der Waals surface area contributed by atoms with Gasteiger partial charge in [-0.05, 0) is 11.6 Å². The predicted molar refractivity (Wildman–Crippen MR) is 49.1 cm³/mol. The SMILES string of the molecule is O=Cc1cc(CCl)c(C(F)F)c(Cl)n1. The van der Waals surface area contributed by atoms with Gasteiger partial charge in [-0.3, -0.25) is 4.79 Å². The summed E-state index contributed by atoms with van der Waals surface area (Å²) < 4.78 is 24.9. The first kappa shape index (κ1) is 11.3. The molecule has 2 nitrogen and oxygen atoms in total. The van der Waals surface area contributed by atoms with Gasteiger partial charge in [-0.15, -0.1) is 11.6 Å². The lowest BCUT2D eigenvalue weighted by Crippen LogP contribution is -1.99. The highest BCUT2D eigenvalue weighted by molar-refractivity contribution is 6.30. The quantitative estimate of drug-likeness (QED) is 0.461. The molecule has 0 aliphatic heterocycles. The summed E-state index contributed by atoms with van der Waals surface area (Å²) in [7, 11) is 0. The van der Waals surface area contributed by atoms with Crippen molar-refractivity contribution in [2.45, 2.75) is 12.3 Å². The van der Waals surface area contributed by atoms with E-state index in [1.807, 2.05) is 0 Å². The molecule has 0 aliphatic rings. The van der Waals surface area contributed by atoms with Crippen LogP contribution in [0.1, 0.15) is 28.0 Å². The second-order valence-electron chi connectivity index (χ2n) is 2.46.